The fourth-order valence-corrected chi connectivity index (χ4v) is 2.86. The number of pyridine rings is 1. The molecule has 0 aliphatic carbocycles. The normalized spacial score (nSPS) is 10.5. The van der Waals surface area contributed by atoms with Crippen LogP contribution < -0.4 is 10.6 Å². The Balaban J connectivity index is 2.16. The fraction of sp³-hybridized carbons (Fsp3) is 0.300. The molecule has 0 aromatic carbocycles. The summed E-state index contributed by atoms with van der Waals surface area (Å²) in [6.07, 6.45) is 1.67. The standard InChI is InChI=1S/C10H13N5S2/c1-6-4-8(12-5-7(6)11)16-10-14-13-9(17-10)15(2)3/h4-5H,11H2,1-3H3. The van der Waals surface area contributed by atoms with Gasteiger partial charge < -0.3 is 10.6 Å². The van der Waals surface area contributed by atoms with Crippen LogP contribution in [0, 0.1) is 6.92 Å². The second-order valence-corrected chi connectivity index (χ2v) is 5.95. The topological polar surface area (TPSA) is 67.9 Å². The summed E-state index contributed by atoms with van der Waals surface area (Å²) in [5.41, 5.74) is 7.46. The number of aromatic nitrogens is 3. The lowest BCUT2D eigenvalue weighted by atomic mass is 10.3. The molecule has 0 aliphatic heterocycles. The van der Waals surface area contributed by atoms with E-state index in [1.807, 2.05) is 32.0 Å². The molecule has 0 bridgehead atoms. The first kappa shape index (κ1) is 12.1. The highest BCUT2D eigenvalue weighted by Gasteiger charge is 2.08. The average molecular weight is 267 g/mol. The molecule has 7 heteroatoms. The maximum atomic E-state index is 5.72. The number of anilines is 2. The van der Waals surface area contributed by atoms with Crippen molar-refractivity contribution in [1.29, 1.82) is 0 Å². The Bertz CT molecular complexity index is 523. The van der Waals surface area contributed by atoms with Crippen molar-refractivity contribution in [2.45, 2.75) is 16.3 Å². The van der Waals surface area contributed by atoms with Gasteiger partial charge in [-0.25, -0.2) is 4.98 Å². The van der Waals surface area contributed by atoms with Gasteiger partial charge in [0, 0.05) is 14.1 Å². The van der Waals surface area contributed by atoms with Crippen LogP contribution in [0.4, 0.5) is 10.8 Å². The van der Waals surface area contributed by atoms with Gasteiger partial charge in [-0.3, -0.25) is 0 Å². The van der Waals surface area contributed by atoms with Crippen LogP contribution in [-0.4, -0.2) is 29.3 Å². The van der Waals surface area contributed by atoms with Gasteiger partial charge in [0.1, 0.15) is 5.03 Å². The predicted octanol–water partition coefficient (Wildman–Crippen LogP) is 2.04. The summed E-state index contributed by atoms with van der Waals surface area (Å²) in [5.74, 6) is 0. The zero-order valence-corrected chi connectivity index (χ0v) is 11.5. The number of hydrogen-bond acceptors (Lipinski definition) is 7. The molecule has 2 rings (SSSR count). The maximum absolute atomic E-state index is 5.72. The van der Waals surface area contributed by atoms with Crippen molar-refractivity contribution in [3.05, 3.63) is 17.8 Å². The van der Waals surface area contributed by atoms with Crippen LogP contribution in [-0.2, 0) is 0 Å². The number of nitrogens with zero attached hydrogens (tertiary/aromatic N) is 4. The smallest absolute Gasteiger partial charge is 0.208 e. The Labute approximate surface area is 108 Å². The molecule has 0 atom stereocenters. The van der Waals surface area contributed by atoms with E-state index < -0.39 is 0 Å². The van der Waals surface area contributed by atoms with Crippen LogP contribution in [0.2, 0.25) is 0 Å². The quantitative estimate of drug-likeness (QED) is 0.918. The van der Waals surface area contributed by atoms with Gasteiger partial charge in [-0.15, -0.1) is 10.2 Å². The first-order chi connectivity index (χ1) is 8.06. The van der Waals surface area contributed by atoms with Gasteiger partial charge in [0.2, 0.25) is 5.13 Å². The molecule has 2 heterocycles. The minimum atomic E-state index is 0.709. The average Bonchev–Trinajstić information content (AvgIpc) is 2.72. The minimum absolute atomic E-state index is 0.709. The third-order valence-corrected chi connectivity index (χ3v) is 4.17. The lowest BCUT2D eigenvalue weighted by Gasteiger charge is -2.04. The van der Waals surface area contributed by atoms with Gasteiger partial charge in [-0.1, -0.05) is 11.3 Å². The predicted molar refractivity (Wildman–Crippen MR) is 71.7 cm³/mol. The number of nitrogens with two attached hydrogens (primary N) is 1. The van der Waals surface area contributed by atoms with Crippen molar-refractivity contribution >= 4 is 33.9 Å². The van der Waals surface area contributed by atoms with Crippen molar-refractivity contribution in [2.75, 3.05) is 24.7 Å². The monoisotopic (exact) mass is 267 g/mol. The fourth-order valence-electron chi connectivity index (χ4n) is 1.11. The van der Waals surface area contributed by atoms with Crippen molar-refractivity contribution in [3.63, 3.8) is 0 Å². The van der Waals surface area contributed by atoms with Crippen molar-refractivity contribution in [1.82, 2.24) is 15.2 Å². The van der Waals surface area contributed by atoms with E-state index in [9.17, 15) is 0 Å². The Hall–Kier alpha value is -1.34. The lowest BCUT2D eigenvalue weighted by molar-refractivity contribution is 0.970. The SMILES string of the molecule is Cc1cc(Sc2nnc(N(C)C)s2)ncc1N. The minimum Gasteiger partial charge on any atom is -0.397 e. The molecule has 2 aromatic heterocycles. The summed E-state index contributed by atoms with van der Waals surface area (Å²) in [4.78, 5) is 6.19. The third kappa shape index (κ3) is 2.86. The third-order valence-electron chi connectivity index (χ3n) is 2.10. The molecule has 2 aromatic rings. The van der Waals surface area contributed by atoms with Gasteiger partial charge in [0.05, 0.1) is 11.9 Å². The molecule has 90 valence electrons. The summed E-state index contributed by atoms with van der Waals surface area (Å²) in [5, 5.41) is 9.95. The van der Waals surface area contributed by atoms with Crippen LogP contribution >= 0.6 is 23.1 Å². The molecule has 5 nitrogen and oxygen atoms in total. The Morgan fingerprint density at radius 1 is 1.35 bits per heavy atom. The highest BCUT2D eigenvalue weighted by Crippen LogP contribution is 2.32. The summed E-state index contributed by atoms with van der Waals surface area (Å²) in [7, 11) is 3.89. The summed E-state index contributed by atoms with van der Waals surface area (Å²) in [6, 6.07) is 1.96. The van der Waals surface area contributed by atoms with E-state index in [1.165, 1.54) is 11.8 Å². The van der Waals surface area contributed by atoms with Crippen molar-refractivity contribution in [3.8, 4) is 0 Å². The zero-order chi connectivity index (χ0) is 12.4. The highest BCUT2D eigenvalue weighted by molar-refractivity contribution is 8.01. The Kier molecular flexibility index (Phi) is 3.49. The number of rotatable bonds is 3. The highest BCUT2D eigenvalue weighted by atomic mass is 32.2. The van der Waals surface area contributed by atoms with Crippen LogP contribution in [0.25, 0.3) is 0 Å². The molecule has 0 radical (unpaired) electrons. The molecule has 0 fully saturated rings. The largest absolute Gasteiger partial charge is 0.397 e. The van der Waals surface area contributed by atoms with Crippen LogP contribution in [0.3, 0.4) is 0 Å². The molecule has 0 amide bonds. The van der Waals surface area contributed by atoms with Crippen LogP contribution in [0.5, 0.6) is 0 Å². The summed E-state index contributed by atoms with van der Waals surface area (Å²) < 4.78 is 0.880. The molecule has 0 spiro atoms. The molecule has 0 saturated carbocycles. The second-order valence-electron chi connectivity index (χ2n) is 3.73. The van der Waals surface area contributed by atoms with Gasteiger partial charge >= 0.3 is 0 Å². The number of hydrogen-bond donors (Lipinski definition) is 1. The van der Waals surface area contributed by atoms with Crippen LogP contribution in [0.15, 0.2) is 21.6 Å². The molecular weight excluding hydrogens is 254 g/mol. The van der Waals surface area contributed by atoms with E-state index >= 15 is 0 Å². The summed E-state index contributed by atoms with van der Waals surface area (Å²) >= 11 is 3.04. The van der Waals surface area contributed by atoms with E-state index in [4.69, 9.17) is 5.73 Å². The molecule has 0 unspecified atom stereocenters. The Morgan fingerprint density at radius 3 is 2.71 bits per heavy atom. The summed E-state index contributed by atoms with van der Waals surface area (Å²) in [6.45, 7) is 1.96. The van der Waals surface area contributed by atoms with E-state index in [1.54, 1.807) is 17.5 Å². The van der Waals surface area contributed by atoms with Gasteiger partial charge in [-0.05, 0) is 30.3 Å². The number of nitrogen functional groups attached to an aromatic ring is 1. The van der Waals surface area contributed by atoms with Gasteiger partial charge in [0.25, 0.3) is 0 Å². The molecule has 0 saturated heterocycles. The van der Waals surface area contributed by atoms with Crippen molar-refractivity contribution < 1.29 is 0 Å². The molecule has 0 aliphatic rings. The molecule has 17 heavy (non-hydrogen) atoms. The maximum Gasteiger partial charge on any atom is 0.208 e. The zero-order valence-electron chi connectivity index (χ0n) is 9.84. The van der Waals surface area contributed by atoms with E-state index in [-0.39, 0.29) is 0 Å². The van der Waals surface area contributed by atoms with E-state index in [0.29, 0.717) is 5.69 Å². The second kappa shape index (κ2) is 4.89. The van der Waals surface area contributed by atoms with Crippen LogP contribution in [0.1, 0.15) is 5.56 Å². The van der Waals surface area contributed by atoms with Gasteiger partial charge in [0.15, 0.2) is 4.34 Å². The van der Waals surface area contributed by atoms with Crippen molar-refractivity contribution in [2.24, 2.45) is 0 Å². The lowest BCUT2D eigenvalue weighted by Crippen LogP contribution is -2.07. The van der Waals surface area contributed by atoms with E-state index in [2.05, 4.69) is 15.2 Å². The number of aryl methyl sites for hydroxylation is 1. The molecular formula is C10H13N5S2. The van der Waals surface area contributed by atoms with E-state index in [0.717, 1.165) is 20.1 Å². The first-order valence-electron chi connectivity index (χ1n) is 4.97. The molecule has 2 N–H and O–H groups in total. The first-order valence-corrected chi connectivity index (χ1v) is 6.60. The van der Waals surface area contributed by atoms with Gasteiger partial charge in [-0.2, -0.15) is 0 Å². The Morgan fingerprint density at radius 2 is 2.12 bits per heavy atom.